The number of nitrogens with one attached hydrogen (secondary N) is 1. The van der Waals surface area contributed by atoms with Crippen LogP contribution >= 0.6 is 11.3 Å². The zero-order valence-corrected chi connectivity index (χ0v) is 35.2. The molecule has 3 aromatic rings. The number of sulfonamides is 1. The topological polar surface area (TPSA) is 133 Å². The smallest absolute Gasteiger partial charge is 0.238 e. The summed E-state index contributed by atoms with van der Waals surface area (Å²) in [4.78, 5) is 34.7. The number of ether oxygens (including phenoxy) is 2. The highest BCUT2D eigenvalue weighted by Gasteiger charge is 2.28. The number of hydrogen-bond donors (Lipinski definition) is 1. The molecule has 0 saturated carbocycles. The van der Waals surface area contributed by atoms with Crippen LogP contribution in [0.5, 0.6) is 5.88 Å². The number of rotatable bonds is 11. The quantitative estimate of drug-likeness (QED) is 0.245. The van der Waals surface area contributed by atoms with E-state index in [1.807, 2.05) is 41.5 Å². The van der Waals surface area contributed by atoms with Crippen LogP contribution in [0.4, 0.5) is 11.6 Å². The number of nitrogens with zero attached hydrogens (tertiary/aromatic N) is 7. The lowest BCUT2D eigenvalue weighted by Crippen LogP contribution is -2.52. The standard InChI is InChI=1S/C28H40N8O4S2.C6H12O.2C2H6/c1-33-6-4-22(5-7-33)35-10-8-34(9-11-35)18-21-19-41-26-24(30-28(31-25(21)26)36-12-14-40-15-13-36)20-16-23(32-42(3,37)38)27(39-2)29-17-20;1-3-5-6(7)4-2;2*1-2/h16-17,19,22,32H,4-15,18H2,1-3H3;3-5H2,1-2H3;2*1-2H3. The van der Waals surface area contributed by atoms with Crippen LogP contribution in [0.2, 0.25) is 0 Å². The van der Waals surface area contributed by atoms with E-state index in [-0.39, 0.29) is 11.6 Å². The maximum atomic E-state index is 12.1. The van der Waals surface area contributed by atoms with Gasteiger partial charge in [-0.05, 0) is 50.8 Å². The number of hydrogen-bond acceptors (Lipinski definition) is 13. The Balaban J connectivity index is 0.000000611. The molecule has 0 amide bonds. The Morgan fingerprint density at radius 3 is 2.23 bits per heavy atom. The molecule has 53 heavy (non-hydrogen) atoms. The molecule has 0 aromatic carbocycles. The van der Waals surface area contributed by atoms with Crippen LogP contribution in [0.3, 0.4) is 0 Å². The van der Waals surface area contributed by atoms with E-state index in [2.05, 4.69) is 41.7 Å². The summed E-state index contributed by atoms with van der Waals surface area (Å²) in [7, 11) is 0.148. The highest BCUT2D eigenvalue weighted by atomic mass is 32.2. The molecule has 3 aliphatic heterocycles. The predicted molar refractivity (Wildman–Crippen MR) is 219 cm³/mol. The van der Waals surface area contributed by atoms with Gasteiger partial charge in [0.05, 0.1) is 42.5 Å². The van der Waals surface area contributed by atoms with E-state index < -0.39 is 10.0 Å². The number of thiophene rings is 1. The van der Waals surface area contributed by atoms with E-state index in [1.165, 1.54) is 38.6 Å². The third-order valence-electron chi connectivity index (χ3n) is 9.31. The fourth-order valence-corrected chi connectivity index (χ4v) is 8.08. The van der Waals surface area contributed by atoms with Gasteiger partial charge in [0, 0.05) is 82.0 Å². The Morgan fingerprint density at radius 2 is 1.66 bits per heavy atom. The molecule has 0 radical (unpaired) electrons. The second kappa shape index (κ2) is 22.4. The Hall–Kier alpha value is -2.95. The first-order chi connectivity index (χ1) is 25.6. The first kappa shape index (κ1) is 44.4. The number of Topliss-reactive ketones (excluding diaryl/α,β-unsaturated/α-hetero) is 1. The maximum Gasteiger partial charge on any atom is 0.238 e. The van der Waals surface area contributed by atoms with Gasteiger partial charge in [0.25, 0.3) is 0 Å². The van der Waals surface area contributed by atoms with E-state index in [1.54, 1.807) is 23.6 Å². The molecule has 3 saturated heterocycles. The van der Waals surface area contributed by atoms with Crippen LogP contribution in [0.15, 0.2) is 17.6 Å². The van der Waals surface area contributed by atoms with Crippen molar-refractivity contribution in [2.75, 3.05) is 95.6 Å². The number of morpholine rings is 1. The van der Waals surface area contributed by atoms with Crippen molar-refractivity contribution in [1.82, 2.24) is 29.7 Å². The maximum absolute atomic E-state index is 12.1. The van der Waals surface area contributed by atoms with Crippen molar-refractivity contribution in [2.45, 2.75) is 86.2 Å². The third kappa shape index (κ3) is 13.1. The van der Waals surface area contributed by atoms with Gasteiger partial charge < -0.3 is 19.3 Å². The minimum absolute atomic E-state index is 0.203. The molecule has 1 N–H and O–H groups in total. The van der Waals surface area contributed by atoms with Gasteiger partial charge >= 0.3 is 0 Å². The third-order valence-corrected chi connectivity index (χ3v) is 10.9. The van der Waals surface area contributed by atoms with E-state index in [0.717, 1.165) is 67.7 Å². The molecular weight excluding hydrogens is 713 g/mol. The fourth-order valence-electron chi connectivity index (χ4n) is 6.53. The Morgan fingerprint density at radius 1 is 1.00 bits per heavy atom. The number of piperidine rings is 1. The monoisotopic (exact) mass is 776 g/mol. The van der Waals surface area contributed by atoms with Gasteiger partial charge in [-0.15, -0.1) is 11.3 Å². The number of ketones is 1. The van der Waals surface area contributed by atoms with Crippen LogP contribution in [0.25, 0.3) is 21.5 Å². The van der Waals surface area contributed by atoms with Crippen molar-refractivity contribution in [1.29, 1.82) is 0 Å². The number of likely N-dealkylation sites (tertiary alicyclic amines) is 1. The van der Waals surface area contributed by atoms with Gasteiger partial charge in [0.1, 0.15) is 11.5 Å². The molecule has 298 valence electrons. The van der Waals surface area contributed by atoms with Crippen LogP contribution in [0.1, 0.15) is 79.2 Å². The van der Waals surface area contributed by atoms with E-state index >= 15 is 0 Å². The lowest BCUT2D eigenvalue weighted by molar-refractivity contribution is -0.118. The number of piperazine rings is 1. The first-order valence-corrected chi connectivity index (χ1v) is 22.1. The van der Waals surface area contributed by atoms with Crippen molar-refractivity contribution >= 4 is 49.0 Å². The summed E-state index contributed by atoms with van der Waals surface area (Å²) in [5, 5.41) is 2.20. The number of carbonyl (C=O) groups excluding carboxylic acids is 1. The molecule has 6 rings (SSSR count). The van der Waals surface area contributed by atoms with E-state index in [0.29, 0.717) is 56.1 Å². The lowest BCUT2D eigenvalue weighted by Gasteiger charge is -2.42. The summed E-state index contributed by atoms with van der Waals surface area (Å²) in [5.74, 6) is 1.23. The van der Waals surface area contributed by atoms with E-state index in [4.69, 9.17) is 19.4 Å². The van der Waals surface area contributed by atoms with Crippen molar-refractivity contribution in [3.8, 4) is 17.1 Å². The van der Waals surface area contributed by atoms with Gasteiger partial charge in [-0.25, -0.2) is 23.4 Å². The number of methoxy groups -OCH3 is 1. The summed E-state index contributed by atoms with van der Waals surface area (Å²) in [6.07, 6.45) is 7.77. The van der Waals surface area contributed by atoms with Crippen LogP contribution in [-0.4, -0.2) is 136 Å². The Bertz CT molecular complexity index is 1650. The number of fused-ring (bicyclic) bond motifs is 1. The van der Waals surface area contributed by atoms with E-state index in [9.17, 15) is 13.2 Å². The average molecular weight is 777 g/mol. The van der Waals surface area contributed by atoms with Crippen LogP contribution in [-0.2, 0) is 26.1 Å². The van der Waals surface area contributed by atoms with Gasteiger partial charge in [-0.1, -0.05) is 41.5 Å². The first-order valence-electron chi connectivity index (χ1n) is 19.4. The minimum atomic E-state index is -3.54. The molecular formula is C38H64N8O5S2. The molecule has 3 aromatic heterocycles. The molecule has 0 atom stereocenters. The normalized spacial score (nSPS) is 17.5. The second-order valence-corrected chi connectivity index (χ2v) is 15.7. The fraction of sp³-hybridized carbons (Fsp3) is 0.684. The van der Waals surface area contributed by atoms with Crippen molar-refractivity contribution in [2.24, 2.45) is 0 Å². The average Bonchev–Trinajstić information content (AvgIpc) is 3.59. The highest BCUT2D eigenvalue weighted by molar-refractivity contribution is 7.92. The molecule has 6 heterocycles. The SMILES string of the molecule is CC.CC.CCCC(=O)CC.COc1ncc(-c2nc(N3CCOCC3)nc3c(CN4CCN(C5CCN(C)CC5)CC4)csc23)cc1NS(C)(=O)=O. The largest absolute Gasteiger partial charge is 0.480 e. The molecule has 15 heteroatoms. The van der Waals surface area contributed by atoms with Gasteiger partial charge in [0.15, 0.2) is 0 Å². The van der Waals surface area contributed by atoms with Gasteiger partial charge in [-0.3, -0.25) is 19.3 Å². The zero-order chi connectivity index (χ0) is 39.0. The van der Waals surface area contributed by atoms with Crippen molar-refractivity contribution < 1.29 is 22.7 Å². The van der Waals surface area contributed by atoms with Gasteiger partial charge in [0.2, 0.25) is 21.9 Å². The van der Waals surface area contributed by atoms with Crippen molar-refractivity contribution in [3.63, 3.8) is 0 Å². The number of pyridine rings is 1. The Kier molecular flexibility index (Phi) is 18.8. The summed E-state index contributed by atoms with van der Waals surface area (Å²) in [6.45, 7) is 22.1. The summed E-state index contributed by atoms with van der Waals surface area (Å²) in [5.41, 5.74) is 3.84. The lowest BCUT2D eigenvalue weighted by atomic mass is 10.0. The Labute approximate surface area is 322 Å². The molecule has 0 spiro atoms. The molecule has 0 aliphatic carbocycles. The number of carbonyl (C=O) groups is 1. The molecule has 3 fully saturated rings. The van der Waals surface area contributed by atoms with Crippen LogP contribution < -0.4 is 14.4 Å². The summed E-state index contributed by atoms with van der Waals surface area (Å²) in [6, 6.07) is 2.44. The van der Waals surface area contributed by atoms with Crippen molar-refractivity contribution in [3.05, 3.63) is 23.2 Å². The molecule has 13 nitrogen and oxygen atoms in total. The minimum Gasteiger partial charge on any atom is -0.480 e. The zero-order valence-electron chi connectivity index (χ0n) is 33.6. The number of anilines is 2. The summed E-state index contributed by atoms with van der Waals surface area (Å²) >= 11 is 1.62. The molecule has 0 unspecified atom stereocenters. The van der Waals surface area contributed by atoms with Gasteiger partial charge in [-0.2, -0.15) is 0 Å². The number of aromatic nitrogens is 3. The molecule has 0 bridgehead atoms. The summed E-state index contributed by atoms with van der Waals surface area (Å²) < 4.78 is 38.5. The van der Waals surface area contributed by atoms with Crippen LogP contribution in [0, 0.1) is 0 Å². The highest BCUT2D eigenvalue weighted by Crippen LogP contribution is 2.37. The second-order valence-electron chi connectivity index (χ2n) is 13.1. The molecule has 3 aliphatic rings. The predicted octanol–water partition coefficient (Wildman–Crippen LogP) is 6.00.